The number of hydrogen-bond donors (Lipinski definition) is 2. The molecule has 1 unspecified atom stereocenters. The smallest absolute Gasteiger partial charge is 0.237 e. The van der Waals surface area contributed by atoms with E-state index in [4.69, 9.17) is 5.73 Å². The minimum Gasteiger partial charge on any atom is -0.348 e. The number of amides is 1. The van der Waals surface area contributed by atoms with Crippen LogP contribution in [0.1, 0.15) is 44.9 Å². The molecular formula is C15H24N2O. The van der Waals surface area contributed by atoms with E-state index in [1.807, 2.05) is 58.9 Å². The highest BCUT2D eigenvalue weighted by atomic mass is 16.2. The van der Waals surface area contributed by atoms with Crippen LogP contribution in [-0.4, -0.2) is 11.9 Å². The molecular weight excluding hydrogens is 224 g/mol. The Balaban J connectivity index is 2.75. The lowest BCUT2D eigenvalue weighted by molar-refractivity contribution is -0.125. The van der Waals surface area contributed by atoms with Crippen molar-refractivity contribution in [1.82, 2.24) is 5.32 Å². The number of carbonyl (C=O) groups is 1. The first-order valence-corrected chi connectivity index (χ1v) is 6.35. The van der Waals surface area contributed by atoms with Gasteiger partial charge in [0.15, 0.2) is 0 Å². The van der Waals surface area contributed by atoms with Crippen molar-refractivity contribution in [3.63, 3.8) is 0 Å². The summed E-state index contributed by atoms with van der Waals surface area (Å²) < 4.78 is 0. The Kier molecular flexibility index (Phi) is 4.52. The lowest BCUT2D eigenvalue weighted by atomic mass is 9.86. The number of nitrogens with one attached hydrogen (secondary N) is 1. The Bertz CT molecular complexity index is 421. The van der Waals surface area contributed by atoms with Gasteiger partial charge in [-0.15, -0.1) is 0 Å². The second-order valence-electron chi connectivity index (χ2n) is 5.93. The molecule has 0 fully saturated rings. The lowest BCUT2D eigenvalue weighted by Gasteiger charge is -2.27. The van der Waals surface area contributed by atoms with Crippen molar-refractivity contribution >= 4 is 5.91 Å². The molecule has 0 aliphatic heterocycles. The number of aryl methyl sites for hydroxylation is 1. The summed E-state index contributed by atoms with van der Waals surface area (Å²) in [6, 6.07) is 7.53. The average molecular weight is 248 g/mol. The minimum absolute atomic E-state index is 0.0212. The average Bonchev–Trinajstić information content (AvgIpc) is 2.27. The first kappa shape index (κ1) is 14.7. The van der Waals surface area contributed by atoms with Crippen LogP contribution in [0, 0.1) is 12.3 Å². The van der Waals surface area contributed by atoms with Crippen LogP contribution in [0.4, 0.5) is 0 Å². The molecule has 2 atom stereocenters. The van der Waals surface area contributed by atoms with Crippen LogP contribution >= 0.6 is 0 Å². The number of rotatable bonds is 3. The predicted molar refractivity (Wildman–Crippen MR) is 75.2 cm³/mol. The quantitative estimate of drug-likeness (QED) is 0.863. The van der Waals surface area contributed by atoms with Gasteiger partial charge in [0.2, 0.25) is 5.91 Å². The number of hydrogen-bond acceptors (Lipinski definition) is 2. The van der Waals surface area contributed by atoms with Crippen molar-refractivity contribution in [2.24, 2.45) is 11.1 Å². The van der Waals surface area contributed by atoms with Crippen LogP contribution in [-0.2, 0) is 4.79 Å². The summed E-state index contributed by atoms with van der Waals surface area (Å²) >= 11 is 0. The van der Waals surface area contributed by atoms with E-state index in [-0.39, 0.29) is 17.4 Å². The first-order valence-electron chi connectivity index (χ1n) is 6.35. The van der Waals surface area contributed by atoms with Gasteiger partial charge in [0.05, 0.1) is 12.1 Å². The SMILES string of the molecule is Cc1ccccc1[C@@H](C)NC(=O)C(N)C(C)(C)C. The second kappa shape index (κ2) is 5.53. The Morgan fingerprint density at radius 3 is 2.33 bits per heavy atom. The topological polar surface area (TPSA) is 55.1 Å². The molecule has 0 heterocycles. The van der Waals surface area contributed by atoms with Crippen molar-refractivity contribution in [2.45, 2.75) is 46.7 Å². The fourth-order valence-corrected chi connectivity index (χ4v) is 1.85. The van der Waals surface area contributed by atoms with Crippen LogP contribution in [0.15, 0.2) is 24.3 Å². The van der Waals surface area contributed by atoms with Gasteiger partial charge in [-0.1, -0.05) is 45.0 Å². The molecule has 3 N–H and O–H groups in total. The van der Waals surface area contributed by atoms with Crippen LogP contribution in [0.5, 0.6) is 0 Å². The molecule has 0 spiro atoms. The summed E-state index contributed by atoms with van der Waals surface area (Å²) in [5, 5.41) is 2.98. The van der Waals surface area contributed by atoms with E-state index in [0.29, 0.717) is 0 Å². The van der Waals surface area contributed by atoms with Gasteiger partial charge in [0.25, 0.3) is 0 Å². The zero-order valence-corrected chi connectivity index (χ0v) is 11.9. The molecule has 0 aliphatic carbocycles. The lowest BCUT2D eigenvalue weighted by Crippen LogP contribution is -2.49. The molecule has 1 aromatic rings. The zero-order chi connectivity index (χ0) is 13.9. The number of benzene rings is 1. The molecule has 1 rings (SSSR count). The maximum Gasteiger partial charge on any atom is 0.237 e. The summed E-state index contributed by atoms with van der Waals surface area (Å²) in [6.07, 6.45) is 0. The largest absolute Gasteiger partial charge is 0.348 e. The van der Waals surface area contributed by atoms with Gasteiger partial charge in [-0.2, -0.15) is 0 Å². The van der Waals surface area contributed by atoms with E-state index in [0.717, 1.165) is 5.56 Å². The van der Waals surface area contributed by atoms with Gasteiger partial charge >= 0.3 is 0 Å². The summed E-state index contributed by atoms with van der Waals surface area (Å²) in [5.41, 5.74) is 8.03. The molecule has 0 saturated carbocycles. The zero-order valence-electron chi connectivity index (χ0n) is 11.9. The van der Waals surface area contributed by atoms with E-state index in [1.54, 1.807) is 0 Å². The van der Waals surface area contributed by atoms with Crippen LogP contribution in [0.3, 0.4) is 0 Å². The maximum absolute atomic E-state index is 12.0. The molecule has 18 heavy (non-hydrogen) atoms. The third-order valence-electron chi connectivity index (χ3n) is 3.23. The summed E-state index contributed by atoms with van der Waals surface area (Å²) in [6.45, 7) is 9.93. The van der Waals surface area contributed by atoms with Crippen LogP contribution in [0.2, 0.25) is 0 Å². The Morgan fingerprint density at radius 1 is 1.28 bits per heavy atom. The Morgan fingerprint density at radius 2 is 1.83 bits per heavy atom. The molecule has 0 bridgehead atoms. The van der Waals surface area contributed by atoms with Crippen molar-refractivity contribution in [3.05, 3.63) is 35.4 Å². The van der Waals surface area contributed by atoms with Crippen LogP contribution in [0.25, 0.3) is 0 Å². The summed E-state index contributed by atoms with van der Waals surface area (Å²) in [5.74, 6) is -0.0988. The molecule has 1 amide bonds. The van der Waals surface area contributed by atoms with Gasteiger partial charge in [-0.3, -0.25) is 4.79 Å². The van der Waals surface area contributed by atoms with E-state index < -0.39 is 6.04 Å². The Labute approximate surface area is 110 Å². The summed E-state index contributed by atoms with van der Waals surface area (Å²) in [4.78, 5) is 12.0. The monoisotopic (exact) mass is 248 g/mol. The first-order chi connectivity index (χ1) is 8.23. The third-order valence-corrected chi connectivity index (χ3v) is 3.23. The van der Waals surface area contributed by atoms with E-state index in [9.17, 15) is 4.79 Å². The van der Waals surface area contributed by atoms with Crippen LogP contribution < -0.4 is 11.1 Å². The van der Waals surface area contributed by atoms with Gasteiger partial charge in [-0.05, 0) is 30.4 Å². The van der Waals surface area contributed by atoms with Gasteiger partial charge in [0.1, 0.15) is 0 Å². The van der Waals surface area contributed by atoms with Crippen molar-refractivity contribution in [1.29, 1.82) is 0 Å². The van der Waals surface area contributed by atoms with E-state index in [2.05, 4.69) is 5.32 Å². The minimum atomic E-state index is -0.496. The molecule has 3 nitrogen and oxygen atoms in total. The highest BCUT2D eigenvalue weighted by Crippen LogP contribution is 2.20. The van der Waals surface area contributed by atoms with Crippen molar-refractivity contribution in [3.8, 4) is 0 Å². The van der Waals surface area contributed by atoms with Crippen molar-refractivity contribution in [2.75, 3.05) is 0 Å². The normalized spacial score (nSPS) is 15.0. The highest BCUT2D eigenvalue weighted by Gasteiger charge is 2.28. The third kappa shape index (κ3) is 3.57. The van der Waals surface area contributed by atoms with E-state index >= 15 is 0 Å². The fourth-order valence-electron chi connectivity index (χ4n) is 1.85. The molecule has 0 aromatic heterocycles. The molecule has 1 aromatic carbocycles. The molecule has 0 aliphatic rings. The molecule has 100 valence electrons. The maximum atomic E-state index is 12.0. The second-order valence-corrected chi connectivity index (χ2v) is 5.93. The number of carbonyl (C=O) groups excluding carboxylic acids is 1. The van der Waals surface area contributed by atoms with Crippen molar-refractivity contribution < 1.29 is 4.79 Å². The Hall–Kier alpha value is -1.35. The highest BCUT2D eigenvalue weighted by molar-refractivity contribution is 5.82. The van der Waals surface area contributed by atoms with E-state index in [1.165, 1.54) is 5.56 Å². The standard InChI is InChI=1S/C15H24N2O/c1-10-8-6-7-9-12(10)11(2)17-14(18)13(16)15(3,4)5/h6-9,11,13H,16H2,1-5H3,(H,17,18)/t11-,13?/m1/s1. The van der Waals surface area contributed by atoms with Gasteiger partial charge in [0, 0.05) is 0 Å². The fraction of sp³-hybridized carbons (Fsp3) is 0.533. The van der Waals surface area contributed by atoms with Gasteiger partial charge < -0.3 is 11.1 Å². The van der Waals surface area contributed by atoms with Gasteiger partial charge in [-0.25, -0.2) is 0 Å². The summed E-state index contributed by atoms with van der Waals surface area (Å²) in [7, 11) is 0. The number of nitrogens with two attached hydrogens (primary N) is 1. The predicted octanol–water partition coefficient (Wildman–Crippen LogP) is 2.55. The molecule has 3 heteroatoms. The molecule has 0 radical (unpaired) electrons. The molecule has 0 saturated heterocycles.